The molecule has 5 heteroatoms. The van der Waals surface area contributed by atoms with Gasteiger partial charge in [-0.2, -0.15) is 5.10 Å². The molecular weight excluding hydrogens is 168 g/mol. The van der Waals surface area contributed by atoms with Crippen molar-refractivity contribution in [3.63, 3.8) is 0 Å². The fourth-order valence-corrected chi connectivity index (χ4v) is 1.86. The van der Waals surface area contributed by atoms with Crippen molar-refractivity contribution in [3.8, 4) is 0 Å². The minimum Gasteiger partial charge on any atom is -0.314 e. The molecule has 1 aliphatic heterocycles. The molecule has 2 N–H and O–H groups in total. The van der Waals surface area contributed by atoms with Crippen molar-refractivity contribution in [2.45, 2.75) is 19.4 Å². The van der Waals surface area contributed by atoms with Crippen LogP contribution in [0.1, 0.15) is 19.4 Å². The number of hydrogen-bond donors (Lipinski definition) is 2. The lowest BCUT2D eigenvalue weighted by molar-refractivity contribution is 0.297. The minimum atomic E-state index is -0.110. The van der Waals surface area contributed by atoms with Crippen LogP contribution < -0.4 is 11.0 Å². The van der Waals surface area contributed by atoms with E-state index in [0.29, 0.717) is 5.92 Å². The molecule has 1 saturated heterocycles. The Morgan fingerprint density at radius 3 is 3.08 bits per heavy atom. The van der Waals surface area contributed by atoms with Crippen molar-refractivity contribution in [2.24, 2.45) is 5.92 Å². The summed E-state index contributed by atoms with van der Waals surface area (Å²) in [6.45, 7) is 4.09. The number of rotatable bonds is 1. The Labute approximate surface area is 76.2 Å². The summed E-state index contributed by atoms with van der Waals surface area (Å²) in [4.78, 5) is 11.2. The molecule has 0 saturated carbocycles. The Balaban J connectivity index is 2.17. The van der Waals surface area contributed by atoms with Crippen LogP contribution in [0.15, 0.2) is 11.1 Å². The molecule has 2 atom stereocenters. The second-order valence-electron chi connectivity index (χ2n) is 3.72. The van der Waals surface area contributed by atoms with E-state index in [0.717, 1.165) is 19.5 Å². The smallest absolute Gasteiger partial charge is 0.314 e. The number of piperidine rings is 1. The molecule has 2 unspecified atom stereocenters. The van der Waals surface area contributed by atoms with Gasteiger partial charge in [-0.3, -0.25) is 4.57 Å². The average molecular weight is 182 g/mol. The first-order valence-electron chi connectivity index (χ1n) is 4.59. The van der Waals surface area contributed by atoms with E-state index in [2.05, 4.69) is 22.4 Å². The zero-order chi connectivity index (χ0) is 9.26. The molecular formula is C8H14N4O. The normalized spacial score (nSPS) is 29.0. The molecule has 0 radical (unpaired) electrons. The lowest BCUT2D eigenvalue weighted by atomic mass is 9.98. The second kappa shape index (κ2) is 3.33. The lowest BCUT2D eigenvalue weighted by Crippen LogP contribution is -2.39. The average Bonchev–Trinajstić information content (AvgIpc) is 2.51. The number of H-pyrrole nitrogens is 1. The van der Waals surface area contributed by atoms with Gasteiger partial charge in [-0.15, -0.1) is 0 Å². The van der Waals surface area contributed by atoms with Crippen molar-refractivity contribution < 1.29 is 0 Å². The predicted molar refractivity (Wildman–Crippen MR) is 48.5 cm³/mol. The molecule has 1 fully saturated rings. The Morgan fingerprint density at radius 1 is 1.62 bits per heavy atom. The standard InChI is InChI=1S/C8H14N4O/c1-6-2-7(4-9-3-6)12-5-10-11-8(12)13/h5-7,9H,2-4H2,1H3,(H,11,13). The van der Waals surface area contributed by atoms with Crippen LogP contribution in [-0.2, 0) is 0 Å². The van der Waals surface area contributed by atoms with Gasteiger partial charge in [0.1, 0.15) is 6.33 Å². The van der Waals surface area contributed by atoms with E-state index in [4.69, 9.17) is 0 Å². The monoisotopic (exact) mass is 182 g/mol. The van der Waals surface area contributed by atoms with Crippen molar-refractivity contribution in [2.75, 3.05) is 13.1 Å². The minimum absolute atomic E-state index is 0.110. The largest absolute Gasteiger partial charge is 0.343 e. The summed E-state index contributed by atoms with van der Waals surface area (Å²) in [5.74, 6) is 0.626. The van der Waals surface area contributed by atoms with Crippen LogP contribution in [0.2, 0.25) is 0 Å². The van der Waals surface area contributed by atoms with Gasteiger partial charge in [0.2, 0.25) is 0 Å². The maximum Gasteiger partial charge on any atom is 0.343 e. The van der Waals surface area contributed by atoms with Gasteiger partial charge in [-0.25, -0.2) is 9.89 Å². The van der Waals surface area contributed by atoms with Gasteiger partial charge in [0.15, 0.2) is 0 Å². The fraction of sp³-hybridized carbons (Fsp3) is 0.750. The highest BCUT2D eigenvalue weighted by molar-refractivity contribution is 4.81. The number of aromatic amines is 1. The Kier molecular flexibility index (Phi) is 2.18. The molecule has 0 aromatic carbocycles. The first-order valence-corrected chi connectivity index (χ1v) is 4.59. The summed E-state index contributed by atoms with van der Waals surface area (Å²) in [6.07, 6.45) is 2.62. The SMILES string of the molecule is CC1CNCC(n2cn[nH]c2=O)C1. The van der Waals surface area contributed by atoms with Crippen LogP contribution in [0.4, 0.5) is 0 Å². The molecule has 0 amide bonds. The Bertz CT molecular complexity index is 329. The van der Waals surface area contributed by atoms with Gasteiger partial charge in [0, 0.05) is 6.54 Å². The molecule has 2 heterocycles. The van der Waals surface area contributed by atoms with Crippen molar-refractivity contribution in [1.29, 1.82) is 0 Å². The summed E-state index contributed by atoms with van der Waals surface area (Å²) in [7, 11) is 0. The molecule has 1 aromatic rings. The van der Waals surface area contributed by atoms with Crippen LogP contribution in [0.25, 0.3) is 0 Å². The molecule has 13 heavy (non-hydrogen) atoms. The highest BCUT2D eigenvalue weighted by Crippen LogP contribution is 2.18. The molecule has 1 aromatic heterocycles. The van der Waals surface area contributed by atoms with Crippen LogP contribution in [0.5, 0.6) is 0 Å². The first-order chi connectivity index (χ1) is 6.27. The zero-order valence-corrected chi connectivity index (χ0v) is 7.66. The van der Waals surface area contributed by atoms with E-state index in [1.165, 1.54) is 0 Å². The van der Waals surface area contributed by atoms with Crippen molar-refractivity contribution in [3.05, 3.63) is 16.8 Å². The third-order valence-electron chi connectivity index (χ3n) is 2.52. The van der Waals surface area contributed by atoms with E-state index in [1.54, 1.807) is 10.9 Å². The van der Waals surface area contributed by atoms with Gasteiger partial charge in [-0.05, 0) is 18.9 Å². The fourth-order valence-electron chi connectivity index (χ4n) is 1.86. The van der Waals surface area contributed by atoms with Gasteiger partial charge in [0.25, 0.3) is 0 Å². The molecule has 72 valence electrons. The predicted octanol–water partition coefficient (Wildman–Crippen LogP) is -0.258. The molecule has 2 rings (SSSR count). The van der Waals surface area contributed by atoms with E-state index in [9.17, 15) is 4.79 Å². The van der Waals surface area contributed by atoms with Crippen LogP contribution >= 0.6 is 0 Å². The van der Waals surface area contributed by atoms with Gasteiger partial charge in [0.05, 0.1) is 6.04 Å². The summed E-state index contributed by atoms with van der Waals surface area (Å²) < 4.78 is 1.67. The second-order valence-corrected chi connectivity index (χ2v) is 3.72. The van der Waals surface area contributed by atoms with Crippen molar-refractivity contribution >= 4 is 0 Å². The molecule has 0 spiro atoms. The molecule has 0 bridgehead atoms. The highest BCUT2D eigenvalue weighted by atomic mass is 16.1. The maximum absolute atomic E-state index is 11.2. The third-order valence-corrected chi connectivity index (χ3v) is 2.52. The van der Waals surface area contributed by atoms with Crippen LogP contribution in [0, 0.1) is 5.92 Å². The van der Waals surface area contributed by atoms with E-state index in [1.807, 2.05) is 0 Å². The maximum atomic E-state index is 11.2. The van der Waals surface area contributed by atoms with E-state index in [-0.39, 0.29) is 11.7 Å². The van der Waals surface area contributed by atoms with Crippen molar-refractivity contribution in [1.82, 2.24) is 20.1 Å². The number of aromatic nitrogens is 3. The zero-order valence-electron chi connectivity index (χ0n) is 7.66. The Hall–Kier alpha value is -1.10. The number of nitrogens with zero attached hydrogens (tertiary/aromatic N) is 2. The number of hydrogen-bond acceptors (Lipinski definition) is 3. The van der Waals surface area contributed by atoms with E-state index >= 15 is 0 Å². The van der Waals surface area contributed by atoms with Crippen LogP contribution in [0.3, 0.4) is 0 Å². The van der Waals surface area contributed by atoms with Gasteiger partial charge >= 0.3 is 5.69 Å². The van der Waals surface area contributed by atoms with Crippen LogP contribution in [-0.4, -0.2) is 27.9 Å². The summed E-state index contributed by atoms with van der Waals surface area (Å²) in [5.41, 5.74) is -0.110. The summed E-state index contributed by atoms with van der Waals surface area (Å²) in [6, 6.07) is 0.259. The quantitative estimate of drug-likeness (QED) is 0.629. The third kappa shape index (κ3) is 1.65. The Morgan fingerprint density at radius 2 is 2.46 bits per heavy atom. The van der Waals surface area contributed by atoms with E-state index < -0.39 is 0 Å². The summed E-state index contributed by atoms with van der Waals surface area (Å²) in [5, 5.41) is 9.43. The topological polar surface area (TPSA) is 62.7 Å². The molecule has 0 aliphatic carbocycles. The lowest BCUT2D eigenvalue weighted by Gasteiger charge is -2.27. The van der Waals surface area contributed by atoms with Gasteiger partial charge in [-0.1, -0.05) is 6.92 Å². The van der Waals surface area contributed by atoms with Gasteiger partial charge < -0.3 is 5.32 Å². The molecule has 1 aliphatic rings. The number of nitrogens with one attached hydrogen (secondary N) is 2. The first kappa shape index (κ1) is 8.50. The molecule has 5 nitrogen and oxygen atoms in total. The summed E-state index contributed by atoms with van der Waals surface area (Å²) >= 11 is 0. The highest BCUT2D eigenvalue weighted by Gasteiger charge is 2.20.